The maximum absolute atomic E-state index is 13.0. The third-order valence-corrected chi connectivity index (χ3v) is 5.48. The molecular formula is C23H33N9O6. The van der Waals surface area contributed by atoms with Crippen LogP contribution in [-0.4, -0.2) is 76.9 Å². The maximum atomic E-state index is 13.0. The lowest BCUT2D eigenvalue weighted by atomic mass is 10.0. The Morgan fingerprint density at radius 3 is 2.32 bits per heavy atom. The zero-order valence-electron chi connectivity index (χ0n) is 20.6. The fraction of sp³-hybridized carbons (Fsp3) is 0.391. The first-order chi connectivity index (χ1) is 18.0. The van der Waals surface area contributed by atoms with Gasteiger partial charge in [-0.05, 0) is 30.9 Å². The van der Waals surface area contributed by atoms with E-state index in [9.17, 15) is 24.0 Å². The number of amides is 4. The van der Waals surface area contributed by atoms with Crippen molar-refractivity contribution in [1.82, 2.24) is 20.9 Å². The van der Waals surface area contributed by atoms with Crippen LogP contribution in [0.1, 0.15) is 24.8 Å². The predicted octanol–water partition coefficient (Wildman–Crippen LogP) is -2.86. The number of aliphatic imine (C=N–C) groups is 1. The summed E-state index contributed by atoms with van der Waals surface area (Å²) < 4.78 is 0. The van der Waals surface area contributed by atoms with Crippen molar-refractivity contribution in [2.75, 3.05) is 13.1 Å². The fourth-order valence-corrected chi connectivity index (χ4v) is 3.65. The van der Waals surface area contributed by atoms with E-state index in [4.69, 9.17) is 28.0 Å². The monoisotopic (exact) mass is 531 g/mol. The molecule has 1 aromatic heterocycles. The number of nitrogens with one attached hydrogen (secondary N) is 4. The van der Waals surface area contributed by atoms with Crippen molar-refractivity contribution in [3.8, 4) is 0 Å². The Kier molecular flexibility index (Phi) is 11.0. The Bertz CT molecular complexity index is 1190. The standard InChI is InChI=1S/C23H33N9O6/c24-14(8-12-10-29-15-5-2-1-4-13(12)15)20(36)32-17(9-18(25)33)22(38)31-16(6-3-7-28-23(26)27)21(37)30-11-19(34)35/h1-2,4-5,10,14,16-17,29H,3,6-9,11,24H2,(H2,25,33)(H,30,37)(H,31,38)(H,32,36)(H,34,35)(H4,26,27,28). The highest BCUT2D eigenvalue weighted by Crippen LogP contribution is 2.18. The van der Waals surface area contributed by atoms with Crippen LogP contribution in [0.3, 0.4) is 0 Å². The number of carbonyl (C=O) groups excluding carboxylic acids is 4. The van der Waals surface area contributed by atoms with Crippen molar-refractivity contribution in [3.63, 3.8) is 0 Å². The van der Waals surface area contributed by atoms with Gasteiger partial charge in [0.25, 0.3) is 0 Å². The van der Waals surface area contributed by atoms with Gasteiger partial charge in [0.2, 0.25) is 23.6 Å². The molecule has 0 fully saturated rings. The molecular weight excluding hydrogens is 498 g/mol. The van der Waals surface area contributed by atoms with Crippen LogP contribution in [0.2, 0.25) is 0 Å². The first-order valence-corrected chi connectivity index (χ1v) is 11.7. The molecule has 2 rings (SSSR count). The van der Waals surface area contributed by atoms with E-state index in [2.05, 4.69) is 25.9 Å². The van der Waals surface area contributed by atoms with Crippen molar-refractivity contribution in [2.45, 2.75) is 43.8 Å². The maximum Gasteiger partial charge on any atom is 0.322 e. The van der Waals surface area contributed by atoms with Gasteiger partial charge in [-0.3, -0.25) is 29.0 Å². The molecule has 0 radical (unpaired) electrons. The SMILES string of the molecule is NC(=O)CC(NC(=O)C(N)Cc1c[nH]c2ccccc12)C(=O)NC(CCCN=C(N)N)C(=O)NCC(=O)O. The summed E-state index contributed by atoms with van der Waals surface area (Å²) in [5.74, 6) is -4.70. The number of nitrogens with zero attached hydrogens (tertiary/aromatic N) is 1. The highest BCUT2D eigenvalue weighted by Gasteiger charge is 2.29. The topological polar surface area (TPSA) is 274 Å². The number of aliphatic carboxylic acids is 1. The molecule has 38 heavy (non-hydrogen) atoms. The molecule has 2 aromatic rings. The number of benzene rings is 1. The first-order valence-electron chi connectivity index (χ1n) is 11.7. The summed E-state index contributed by atoms with van der Waals surface area (Å²) in [5.41, 5.74) is 23.5. The smallest absolute Gasteiger partial charge is 0.322 e. The largest absolute Gasteiger partial charge is 0.480 e. The minimum atomic E-state index is -1.43. The molecule has 0 aliphatic carbocycles. The number of H-pyrrole nitrogens is 1. The number of guanidine groups is 1. The van der Waals surface area contributed by atoms with Gasteiger partial charge in [-0.1, -0.05) is 18.2 Å². The summed E-state index contributed by atoms with van der Waals surface area (Å²) in [5, 5.41) is 16.7. The fourth-order valence-electron chi connectivity index (χ4n) is 3.65. The van der Waals surface area contributed by atoms with E-state index in [0.717, 1.165) is 16.5 Å². The Hall–Kier alpha value is -4.66. The number of carboxylic acid groups (broad SMARTS) is 1. The van der Waals surface area contributed by atoms with Gasteiger partial charge in [-0.2, -0.15) is 0 Å². The second-order valence-electron chi connectivity index (χ2n) is 8.52. The van der Waals surface area contributed by atoms with Crippen LogP contribution in [0.25, 0.3) is 10.9 Å². The average Bonchev–Trinajstić information content (AvgIpc) is 3.26. The summed E-state index contributed by atoms with van der Waals surface area (Å²) in [6, 6.07) is 3.75. The van der Waals surface area contributed by atoms with Gasteiger partial charge in [0.05, 0.1) is 12.5 Å². The number of nitrogens with two attached hydrogens (primary N) is 4. The summed E-state index contributed by atoms with van der Waals surface area (Å²) in [7, 11) is 0. The van der Waals surface area contributed by atoms with E-state index >= 15 is 0 Å². The summed E-state index contributed by atoms with van der Waals surface area (Å²) in [6.45, 7) is -0.533. The van der Waals surface area contributed by atoms with Gasteiger partial charge in [0.15, 0.2) is 5.96 Å². The van der Waals surface area contributed by atoms with Gasteiger partial charge >= 0.3 is 5.97 Å². The molecule has 3 unspecified atom stereocenters. The number of carboxylic acids is 1. The number of fused-ring (bicyclic) bond motifs is 1. The quantitative estimate of drug-likeness (QED) is 0.0648. The molecule has 0 aliphatic rings. The summed E-state index contributed by atoms with van der Waals surface area (Å²) >= 11 is 0. The lowest BCUT2D eigenvalue weighted by Crippen LogP contribution is -2.57. The van der Waals surface area contributed by atoms with E-state index in [0.29, 0.717) is 0 Å². The van der Waals surface area contributed by atoms with Crippen molar-refractivity contribution in [2.24, 2.45) is 27.9 Å². The van der Waals surface area contributed by atoms with E-state index in [1.54, 1.807) is 6.20 Å². The normalized spacial score (nSPS) is 13.1. The molecule has 0 bridgehead atoms. The molecule has 0 saturated carbocycles. The first kappa shape index (κ1) is 29.6. The molecule has 0 saturated heterocycles. The number of aromatic amines is 1. The van der Waals surface area contributed by atoms with Crippen LogP contribution in [-0.2, 0) is 30.4 Å². The van der Waals surface area contributed by atoms with Crippen LogP contribution in [0.15, 0.2) is 35.5 Å². The minimum Gasteiger partial charge on any atom is -0.480 e. The van der Waals surface area contributed by atoms with Crippen molar-refractivity contribution >= 4 is 46.5 Å². The molecule has 0 aliphatic heterocycles. The molecule has 4 amide bonds. The zero-order chi connectivity index (χ0) is 28.2. The lowest BCUT2D eigenvalue weighted by molar-refractivity contribution is -0.138. The number of hydrogen-bond donors (Lipinski definition) is 9. The predicted molar refractivity (Wildman–Crippen MR) is 138 cm³/mol. The highest BCUT2D eigenvalue weighted by molar-refractivity contribution is 5.96. The number of aromatic nitrogens is 1. The zero-order valence-corrected chi connectivity index (χ0v) is 20.6. The van der Waals surface area contributed by atoms with E-state index < -0.39 is 60.7 Å². The van der Waals surface area contributed by atoms with Gasteiger partial charge in [-0.15, -0.1) is 0 Å². The van der Waals surface area contributed by atoms with Crippen LogP contribution in [0.5, 0.6) is 0 Å². The molecule has 1 aromatic carbocycles. The van der Waals surface area contributed by atoms with E-state index in [1.165, 1.54) is 0 Å². The number of primary amides is 1. The number of hydrogen-bond acceptors (Lipinski definition) is 7. The number of rotatable bonds is 15. The number of para-hydroxylation sites is 1. The van der Waals surface area contributed by atoms with Gasteiger partial charge in [0, 0.05) is 23.6 Å². The second kappa shape index (κ2) is 14.2. The van der Waals surface area contributed by atoms with Gasteiger partial charge in [-0.25, -0.2) is 0 Å². The molecule has 206 valence electrons. The van der Waals surface area contributed by atoms with Crippen LogP contribution in [0, 0.1) is 0 Å². The Morgan fingerprint density at radius 1 is 0.974 bits per heavy atom. The third-order valence-electron chi connectivity index (χ3n) is 5.48. The molecule has 3 atom stereocenters. The van der Waals surface area contributed by atoms with Crippen molar-refractivity contribution < 1.29 is 29.1 Å². The lowest BCUT2D eigenvalue weighted by Gasteiger charge is -2.23. The molecule has 0 spiro atoms. The van der Waals surface area contributed by atoms with E-state index in [1.807, 2.05) is 24.3 Å². The molecule has 13 N–H and O–H groups in total. The Labute approximate surface area is 217 Å². The molecule has 15 nitrogen and oxygen atoms in total. The minimum absolute atomic E-state index is 0.0330. The average molecular weight is 532 g/mol. The van der Waals surface area contributed by atoms with Gasteiger partial charge < -0.3 is 49.0 Å². The van der Waals surface area contributed by atoms with Gasteiger partial charge in [0.1, 0.15) is 18.6 Å². The van der Waals surface area contributed by atoms with Crippen LogP contribution >= 0.6 is 0 Å². The van der Waals surface area contributed by atoms with Crippen molar-refractivity contribution in [3.05, 3.63) is 36.0 Å². The number of carbonyl (C=O) groups is 5. The summed E-state index contributed by atoms with van der Waals surface area (Å²) in [4.78, 5) is 67.6. The Morgan fingerprint density at radius 2 is 1.66 bits per heavy atom. The molecule has 15 heteroatoms. The Balaban J connectivity index is 2.09. The van der Waals surface area contributed by atoms with Crippen LogP contribution < -0.4 is 38.9 Å². The van der Waals surface area contributed by atoms with Crippen molar-refractivity contribution in [1.29, 1.82) is 0 Å². The highest BCUT2D eigenvalue weighted by atomic mass is 16.4. The van der Waals surface area contributed by atoms with E-state index in [-0.39, 0.29) is 31.8 Å². The third kappa shape index (κ3) is 9.42. The van der Waals surface area contributed by atoms with Crippen LogP contribution in [0.4, 0.5) is 0 Å². The molecule has 1 heterocycles. The summed E-state index contributed by atoms with van der Waals surface area (Å²) in [6.07, 6.45) is 1.60. The second-order valence-corrected chi connectivity index (χ2v) is 8.52.